The van der Waals surface area contributed by atoms with E-state index in [1.807, 2.05) is 13.8 Å². The second-order valence-corrected chi connectivity index (χ2v) is 5.51. The third kappa shape index (κ3) is 5.11. The van der Waals surface area contributed by atoms with Crippen molar-refractivity contribution in [3.8, 4) is 0 Å². The van der Waals surface area contributed by atoms with Crippen molar-refractivity contribution in [2.75, 3.05) is 20.3 Å². The van der Waals surface area contributed by atoms with Crippen molar-refractivity contribution in [1.29, 1.82) is 0 Å². The second kappa shape index (κ2) is 7.12. The van der Waals surface area contributed by atoms with Crippen molar-refractivity contribution in [2.45, 2.75) is 20.3 Å². The zero-order chi connectivity index (χ0) is 16.0. The van der Waals surface area contributed by atoms with Gasteiger partial charge >= 0.3 is 0 Å². The van der Waals surface area contributed by atoms with E-state index in [-0.39, 0.29) is 16.7 Å². The van der Waals surface area contributed by atoms with E-state index in [9.17, 15) is 19.3 Å². The van der Waals surface area contributed by atoms with Crippen molar-refractivity contribution in [3.05, 3.63) is 39.7 Å². The molecule has 6 nitrogen and oxygen atoms in total. The van der Waals surface area contributed by atoms with E-state index in [0.29, 0.717) is 13.2 Å². The molecule has 0 unspecified atom stereocenters. The molecule has 0 radical (unpaired) electrons. The minimum absolute atomic E-state index is 0.219. The number of benzene rings is 1. The molecule has 1 aromatic carbocycles. The Kier molecular flexibility index (Phi) is 5.78. The van der Waals surface area contributed by atoms with Crippen LogP contribution in [0.5, 0.6) is 0 Å². The van der Waals surface area contributed by atoms with Crippen molar-refractivity contribution >= 4 is 11.6 Å². The Morgan fingerprint density at radius 3 is 2.71 bits per heavy atom. The van der Waals surface area contributed by atoms with Crippen LogP contribution in [0.4, 0.5) is 10.1 Å². The number of nitro groups is 1. The van der Waals surface area contributed by atoms with Gasteiger partial charge in [0.1, 0.15) is 5.82 Å². The molecule has 21 heavy (non-hydrogen) atoms. The Morgan fingerprint density at radius 2 is 2.14 bits per heavy atom. The molecule has 116 valence electrons. The highest BCUT2D eigenvalue weighted by Gasteiger charge is 2.21. The van der Waals surface area contributed by atoms with E-state index < -0.39 is 16.6 Å². The smallest absolute Gasteiger partial charge is 0.270 e. The summed E-state index contributed by atoms with van der Waals surface area (Å²) in [6.45, 7) is 4.75. The molecule has 0 aromatic heterocycles. The normalized spacial score (nSPS) is 11.2. The lowest BCUT2D eigenvalue weighted by molar-refractivity contribution is -0.384. The first-order valence-electron chi connectivity index (χ1n) is 6.48. The second-order valence-electron chi connectivity index (χ2n) is 5.51. The van der Waals surface area contributed by atoms with Gasteiger partial charge in [-0.1, -0.05) is 13.8 Å². The topological polar surface area (TPSA) is 81.5 Å². The Morgan fingerprint density at radius 1 is 1.48 bits per heavy atom. The fourth-order valence-electron chi connectivity index (χ4n) is 1.68. The molecule has 0 bridgehead atoms. The molecule has 0 spiro atoms. The maximum Gasteiger partial charge on any atom is 0.270 e. The molecule has 0 aliphatic rings. The number of ether oxygens (including phenoxy) is 1. The summed E-state index contributed by atoms with van der Waals surface area (Å²) in [5.74, 6) is -1.45. The minimum Gasteiger partial charge on any atom is -0.385 e. The number of methoxy groups -OCH3 is 1. The molecule has 0 fully saturated rings. The van der Waals surface area contributed by atoms with Gasteiger partial charge in [-0.25, -0.2) is 4.39 Å². The maximum absolute atomic E-state index is 13.6. The van der Waals surface area contributed by atoms with Crippen LogP contribution < -0.4 is 5.32 Å². The van der Waals surface area contributed by atoms with Crippen molar-refractivity contribution in [2.24, 2.45) is 5.41 Å². The standard InChI is InChI=1S/C14H19FN2O4/c1-14(2,6-7-21-3)9-16-13(18)11-8-10(17(19)20)4-5-12(11)15/h4-5,8H,6-7,9H2,1-3H3,(H,16,18). The third-order valence-electron chi connectivity index (χ3n) is 3.12. The van der Waals surface area contributed by atoms with Crippen molar-refractivity contribution in [3.63, 3.8) is 0 Å². The highest BCUT2D eigenvalue weighted by atomic mass is 19.1. The summed E-state index contributed by atoms with van der Waals surface area (Å²) < 4.78 is 18.6. The average molecular weight is 298 g/mol. The highest BCUT2D eigenvalue weighted by Crippen LogP contribution is 2.20. The first-order valence-corrected chi connectivity index (χ1v) is 6.48. The average Bonchev–Trinajstić information content (AvgIpc) is 2.43. The molecule has 0 heterocycles. The van der Waals surface area contributed by atoms with Gasteiger partial charge in [0.05, 0.1) is 10.5 Å². The molecule has 0 aliphatic heterocycles. The molecule has 0 saturated heterocycles. The van der Waals surface area contributed by atoms with E-state index in [2.05, 4.69) is 5.32 Å². The number of nitro benzene ring substituents is 1. The van der Waals surface area contributed by atoms with Gasteiger partial charge in [0.15, 0.2) is 0 Å². The predicted molar refractivity (Wildman–Crippen MR) is 75.7 cm³/mol. The molecule has 1 amide bonds. The zero-order valence-corrected chi connectivity index (χ0v) is 12.3. The summed E-state index contributed by atoms with van der Waals surface area (Å²) in [6, 6.07) is 2.88. The number of rotatable bonds is 7. The minimum atomic E-state index is -0.784. The van der Waals surface area contributed by atoms with E-state index in [1.54, 1.807) is 7.11 Å². The lowest BCUT2D eigenvalue weighted by Crippen LogP contribution is -2.35. The summed E-state index contributed by atoms with van der Waals surface area (Å²) >= 11 is 0. The summed E-state index contributed by atoms with van der Waals surface area (Å²) in [4.78, 5) is 21.9. The zero-order valence-electron chi connectivity index (χ0n) is 12.3. The van der Waals surface area contributed by atoms with Crippen LogP contribution in [0, 0.1) is 21.3 Å². The summed E-state index contributed by atoms with van der Waals surface area (Å²) in [5, 5.41) is 13.3. The van der Waals surface area contributed by atoms with Crippen LogP contribution in [0.25, 0.3) is 0 Å². The molecule has 0 saturated carbocycles. The number of carbonyl (C=O) groups excluding carboxylic acids is 1. The number of nitrogens with one attached hydrogen (secondary N) is 1. The van der Waals surface area contributed by atoms with Crippen LogP contribution in [-0.2, 0) is 4.74 Å². The van der Waals surface area contributed by atoms with Gasteiger partial charge in [0.2, 0.25) is 0 Å². The molecule has 1 aromatic rings. The number of amides is 1. The highest BCUT2D eigenvalue weighted by molar-refractivity contribution is 5.95. The van der Waals surface area contributed by atoms with E-state index >= 15 is 0 Å². The fourth-order valence-corrected chi connectivity index (χ4v) is 1.68. The molecular weight excluding hydrogens is 279 g/mol. The van der Waals surface area contributed by atoms with Gasteiger partial charge in [-0.2, -0.15) is 0 Å². The third-order valence-corrected chi connectivity index (χ3v) is 3.12. The van der Waals surface area contributed by atoms with Crippen LogP contribution in [0.3, 0.4) is 0 Å². The summed E-state index contributed by atoms with van der Waals surface area (Å²) in [5.41, 5.74) is -0.866. The van der Waals surface area contributed by atoms with E-state index in [0.717, 1.165) is 24.6 Å². The molecule has 0 atom stereocenters. The number of halogens is 1. The van der Waals surface area contributed by atoms with Gasteiger partial charge in [-0.05, 0) is 17.9 Å². The van der Waals surface area contributed by atoms with Crippen molar-refractivity contribution < 1.29 is 18.8 Å². The first-order chi connectivity index (χ1) is 9.76. The molecule has 7 heteroatoms. The molecular formula is C14H19FN2O4. The van der Waals surface area contributed by atoms with E-state index in [1.165, 1.54) is 0 Å². The lowest BCUT2D eigenvalue weighted by Gasteiger charge is -2.24. The van der Waals surface area contributed by atoms with Gasteiger partial charge in [-0.15, -0.1) is 0 Å². The van der Waals surface area contributed by atoms with Crippen LogP contribution in [0.1, 0.15) is 30.6 Å². The van der Waals surface area contributed by atoms with Crippen LogP contribution in [0.15, 0.2) is 18.2 Å². The lowest BCUT2D eigenvalue weighted by atomic mass is 9.89. The largest absolute Gasteiger partial charge is 0.385 e. The number of carbonyl (C=O) groups is 1. The van der Waals surface area contributed by atoms with Crippen LogP contribution in [-0.4, -0.2) is 31.1 Å². The quantitative estimate of drug-likeness (QED) is 0.619. The van der Waals surface area contributed by atoms with Gasteiger partial charge in [-0.3, -0.25) is 14.9 Å². The Labute approximate surface area is 122 Å². The molecule has 1 rings (SSSR count). The summed E-state index contributed by atoms with van der Waals surface area (Å²) in [6.07, 6.45) is 0.723. The Bertz CT molecular complexity index is 532. The maximum atomic E-state index is 13.6. The van der Waals surface area contributed by atoms with Crippen LogP contribution >= 0.6 is 0 Å². The van der Waals surface area contributed by atoms with Gasteiger partial charge in [0, 0.05) is 32.4 Å². The Hall–Kier alpha value is -2.02. The van der Waals surface area contributed by atoms with Crippen LogP contribution in [0.2, 0.25) is 0 Å². The SMILES string of the molecule is COCCC(C)(C)CNC(=O)c1cc([N+](=O)[O-])ccc1F. The number of hydrogen-bond donors (Lipinski definition) is 1. The molecule has 1 N–H and O–H groups in total. The Balaban J connectivity index is 2.76. The van der Waals surface area contributed by atoms with E-state index in [4.69, 9.17) is 4.74 Å². The first kappa shape index (κ1) is 17.0. The fraction of sp³-hybridized carbons (Fsp3) is 0.500. The monoisotopic (exact) mass is 298 g/mol. The van der Waals surface area contributed by atoms with Gasteiger partial charge < -0.3 is 10.1 Å². The van der Waals surface area contributed by atoms with Gasteiger partial charge in [0.25, 0.3) is 11.6 Å². The van der Waals surface area contributed by atoms with Crippen molar-refractivity contribution in [1.82, 2.24) is 5.32 Å². The number of nitrogens with zero attached hydrogens (tertiary/aromatic N) is 1. The predicted octanol–water partition coefficient (Wildman–Crippen LogP) is 2.53. The number of non-ortho nitro benzene ring substituents is 1. The molecule has 0 aliphatic carbocycles. The number of hydrogen-bond acceptors (Lipinski definition) is 4. The summed E-state index contributed by atoms with van der Waals surface area (Å²) in [7, 11) is 1.59.